The Labute approximate surface area is 105 Å². The Morgan fingerprint density at radius 1 is 1.44 bits per heavy atom. The standard InChI is InChI=1S/C13H16BrNO/c1-9-7-11(14)3-4-12(9)15-6-5-13(16)10(2)8-15/h3-4,7,10H,5-6,8H2,1-2H3. The van der Waals surface area contributed by atoms with Crippen LogP contribution in [0.2, 0.25) is 0 Å². The molecule has 0 bridgehead atoms. The van der Waals surface area contributed by atoms with E-state index in [1.165, 1.54) is 11.3 Å². The normalized spacial score (nSPS) is 21.3. The highest BCUT2D eigenvalue weighted by molar-refractivity contribution is 9.10. The van der Waals surface area contributed by atoms with Gasteiger partial charge in [0.05, 0.1) is 0 Å². The van der Waals surface area contributed by atoms with Gasteiger partial charge in [-0.15, -0.1) is 0 Å². The lowest BCUT2D eigenvalue weighted by molar-refractivity contribution is -0.122. The van der Waals surface area contributed by atoms with Crippen LogP contribution in [0.25, 0.3) is 0 Å². The molecule has 0 aliphatic carbocycles. The number of rotatable bonds is 1. The van der Waals surface area contributed by atoms with Crippen LogP contribution in [0.3, 0.4) is 0 Å². The number of ketones is 1. The van der Waals surface area contributed by atoms with E-state index in [9.17, 15) is 4.79 Å². The number of anilines is 1. The van der Waals surface area contributed by atoms with Crippen LogP contribution in [0.4, 0.5) is 5.69 Å². The van der Waals surface area contributed by atoms with Gasteiger partial charge < -0.3 is 4.90 Å². The van der Waals surface area contributed by atoms with Gasteiger partial charge in [0.15, 0.2) is 0 Å². The Hall–Kier alpha value is -0.830. The number of halogens is 1. The van der Waals surface area contributed by atoms with Gasteiger partial charge in [0.1, 0.15) is 5.78 Å². The third-order valence-electron chi connectivity index (χ3n) is 3.17. The minimum Gasteiger partial charge on any atom is -0.370 e. The Kier molecular flexibility index (Phi) is 3.33. The SMILES string of the molecule is Cc1cc(Br)ccc1N1CCC(=O)C(C)C1. The van der Waals surface area contributed by atoms with Gasteiger partial charge in [0, 0.05) is 35.6 Å². The molecule has 0 radical (unpaired) electrons. The molecule has 1 aliphatic rings. The van der Waals surface area contributed by atoms with Crippen molar-refractivity contribution in [3.63, 3.8) is 0 Å². The Bertz CT molecular complexity index is 416. The summed E-state index contributed by atoms with van der Waals surface area (Å²) in [6, 6.07) is 6.31. The summed E-state index contributed by atoms with van der Waals surface area (Å²) in [5, 5.41) is 0. The average Bonchev–Trinajstić information content (AvgIpc) is 2.22. The van der Waals surface area contributed by atoms with Crippen LogP contribution >= 0.6 is 15.9 Å². The molecule has 1 heterocycles. The Balaban J connectivity index is 2.21. The van der Waals surface area contributed by atoms with E-state index in [1.54, 1.807) is 0 Å². The van der Waals surface area contributed by atoms with E-state index in [0.717, 1.165) is 17.6 Å². The molecule has 3 heteroatoms. The Morgan fingerprint density at radius 3 is 2.81 bits per heavy atom. The largest absolute Gasteiger partial charge is 0.370 e. The highest BCUT2D eigenvalue weighted by Gasteiger charge is 2.24. The third-order valence-corrected chi connectivity index (χ3v) is 3.66. The number of aryl methyl sites for hydroxylation is 1. The summed E-state index contributed by atoms with van der Waals surface area (Å²) < 4.78 is 1.11. The van der Waals surface area contributed by atoms with Crippen LogP contribution in [-0.4, -0.2) is 18.9 Å². The minimum atomic E-state index is 0.164. The Morgan fingerprint density at radius 2 is 2.19 bits per heavy atom. The summed E-state index contributed by atoms with van der Waals surface area (Å²) in [4.78, 5) is 13.8. The molecule has 2 rings (SSSR count). The second kappa shape index (κ2) is 4.58. The number of carbonyl (C=O) groups is 1. The maximum Gasteiger partial charge on any atom is 0.139 e. The van der Waals surface area contributed by atoms with Crippen molar-refractivity contribution in [2.24, 2.45) is 5.92 Å². The van der Waals surface area contributed by atoms with Crippen LogP contribution in [0.1, 0.15) is 18.9 Å². The first-order valence-electron chi connectivity index (χ1n) is 5.62. The average molecular weight is 282 g/mol. The van der Waals surface area contributed by atoms with Crippen LogP contribution in [0.5, 0.6) is 0 Å². The zero-order chi connectivity index (χ0) is 11.7. The molecule has 1 atom stereocenters. The van der Waals surface area contributed by atoms with E-state index < -0.39 is 0 Å². The summed E-state index contributed by atoms with van der Waals surface area (Å²) in [5.74, 6) is 0.558. The zero-order valence-corrected chi connectivity index (χ0v) is 11.3. The number of hydrogen-bond acceptors (Lipinski definition) is 2. The highest BCUT2D eigenvalue weighted by Crippen LogP contribution is 2.27. The molecule has 1 unspecified atom stereocenters. The number of carbonyl (C=O) groups excluding carboxylic acids is 1. The molecule has 0 aromatic heterocycles. The van der Waals surface area contributed by atoms with E-state index in [2.05, 4.69) is 46.0 Å². The molecule has 0 N–H and O–H groups in total. The summed E-state index contributed by atoms with van der Waals surface area (Å²) in [6.45, 7) is 5.83. The molecule has 1 aromatic rings. The molecule has 1 fully saturated rings. The molecular formula is C13H16BrNO. The van der Waals surface area contributed by atoms with Gasteiger partial charge in [-0.1, -0.05) is 22.9 Å². The number of hydrogen-bond donors (Lipinski definition) is 0. The predicted molar refractivity (Wildman–Crippen MR) is 69.9 cm³/mol. The fourth-order valence-electron chi connectivity index (χ4n) is 2.21. The molecule has 0 saturated carbocycles. The van der Waals surface area contributed by atoms with E-state index in [1.807, 2.05) is 6.92 Å². The van der Waals surface area contributed by atoms with Gasteiger partial charge in [0.25, 0.3) is 0 Å². The minimum absolute atomic E-state index is 0.164. The molecular weight excluding hydrogens is 266 g/mol. The van der Waals surface area contributed by atoms with Gasteiger partial charge in [-0.05, 0) is 30.7 Å². The fraction of sp³-hybridized carbons (Fsp3) is 0.462. The van der Waals surface area contributed by atoms with Gasteiger partial charge >= 0.3 is 0 Å². The van der Waals surface area contributed by atoms with Crippen molar-refractivity contribution in [2.45, 2.75) is 20.3 Å². The van der Waals surface area contributed by atoms with E-state index in [4.69, 9.17) is 0 Å². The summed E-state index contributed by atoms with van der Waals surface area (Å²) >= 11 is 3.47. The number of benzene rings is 1. The number of piperidine rings is 1. The molecule has 0 spiro atoms. The molecule has 1 saturated heterocycles. The van der Waals surface area contributed by atoms with E-state index in [-0.39, 0.29) is 5.92 Å². The molecule has 2 nitrogen and oxygen atoms in total. The lowest BCUT2D eigenvalue weighted by Crippen LogP contribution is -2.39. The third kappa shape index (κ3) is 2.29. The van der Waals surface area contributed by atoms with Crippen molar-refractivity contribution >= 4 is 27.4 Å². The van der Waals surface area contributed by atoms with Crippen molar-refractivity contribution in [2.75, 3.05) is 18.0 Å². The molecule has 1 aromatic carbocycles. The number of nitrogens with zero attached hydrogens (tertiary/aromatic N) is 1. The topological polar surface area (TPSA) is 20.3 Å². The smallest absolute Gasteiger partial charge is 0.139 e. The maximum absolute atomic E-state index is 11.5. The van der Waals surface area contributed by atoms with E-state index in [0.29, 0.717) is 12.2 Å². The van der Waals surface area contributed by atoms with Crippen molar-refractivity contribution in [1.29, 1.82) is 0 Å². The zero-order valence-electron chi connectivity index (χ0n) is 9.66. The van der Waals surface area contributed by atoms with Crippen LogP contribution in [0.15, 0.2) is 22.7 Å². The van der Waals surface area contributed by atoms with Crippen molar-refractivity contribution in [1.82, 2.24) is 0 Å². The fourth-order valence-corrected chi connectivity index (χ4v) is 2.68. The number of Topliss-reactive ketones (excluding diaryl/α,β-unsaturated/α-hetero) is 1. The van der Waals surface area contributed by atoms with Crippen LogP contribution < -0.4 is 4.90 Å². The quantitative estimate of drug-likeness (QED) is 0.788. The monoisotopic (exact) mass is 281 g/mol. The second-order valence-corrected chi connectivity index (χ2v) is 5.41. The van der Waals surface area contributed by atoms with Crippen LogP contribution in [0, 0.1) is 12.8 Å². The maximum atomic E-state index is 11.5. The lowest BCUT2D eigenvalue weighted by Gasteiger charge is -2.33. The van der Waals surface area contributed by atoms with Crippen molar-refractivity contribution in [3.8, 4) is 0 Å². The van der Waals surface area contributed by atoms with Crippen molar-refractivity contribution in [3.05, 3.63) is 28.2 Å². The summed E-state index contributed by atoms with van der Waals surface area (Å²) in [5.41, 5.74) is 2.51. The van der Waals surface area contributed by atoms with Crippen molar-refractivity contribution < 1.29 is 4.79 Å². The molecule has 86 valence electrons. The lowest BCUT2D eigenvalue weighted by atomic mass is 9.97. The molecule has 1 aliphatic heterocycles. The molecule has 0 amide bonds. The second-order valence-electron chi connectivity index (χ2n) is 4.49. The highest BCUT2D eigenvalue weighted by atomic mass is 79.9. The van der Waals surface area contributed by atoms with Crippen LogP contribution in [-0.2, 0) is 4.79 Å². The first-order valence-corrected chi connectivity index (χ1v) is 6.41. The van der Waals surface area contributed by atoms with E-state index >= 15 is 0 Å². The van der Waals surface area contributed by atoms with Gasteiger partial charge in [-0.25, -0.2) is 0 Å². The molecule has 16 heavy (non-hydrogen) atoms. The predicted octanol–water partition coefficient (Wildman–Crippen LogP) is 3.17. The van der Waals surface area contributed by atoms with Gasteiger partial charge in [-0.3, -0.25) is 4.79 Å². The first-order chi connectivity index (χ1) is 7.58. The summed E-state index contributed by atoms with van der Waals surface area (Å²) in [6.07, 6.45) is 0.677. The van der Waals surface area contributed by atoms with Gasteiger partial charge in [-0.2, -0.15) is 0 Å². The summed E-state index contributed by atoms with van der Waals surface area (Å²) in [7, 11) is 0. The first kappa shape index (κ1) is 11.6. The van der Waals surface area contributed by atoms with Gasteiger partial charge in [0.2, 0.25) is 0 Å².